The molecule has 1 aliphatic heterocycles. The van der Waals surface area contributed by atoms with Gasteiger partial charge in [0.05, 0.1) is 0 Å². The Labute approximate surface area is 102 Å². The van der Waals surface area contributed by atoms with E-state index in [-0.39, 0.29) is 0 Å². The predicted octanol–water partition coefficient (Wildman–Crippen LogP) is 1.88. The van der Waals surface area contributed by atoms with Crippen molar-refractivity contribution in [3.8, 4) is 0 Å². The smallest absolute Gasteiger partial charge is 0.230 e. The average Bonchev–Trinajstić information content (AvgIpc) is 3.13. The highest BCUT2D eigenvalue weighted by molar-refractivity contribution is 5.98. The van der Waals surface area contributed by atoms with Gasteiger partial charge in [-0.15, -0.1) is 0 Å². The summed E-state index contributed by atoms with van der Waals surface area (Å²) in [6.45, 7) is 1.51. The third-order valence-electron chi connectivity index (χ3n) is 3.78. The monoisotopic (exact) mass is 230 g/mol. The van der Waals surface area contributed by atoms with Gasteiger partial charge in [-0.3, -0.25) is 4.79 Å². The average molecular weight is 230 g/mol. The Morgan fingerprint density at radius 2 is 2.12 bits per heavy atom. The third-order valence-corrected chi connectivity index (χ3v) is 3.78. The normalized spacial score (nSPS) is 22.6. The number of fused-ring (bicyclic) bond motifs is 1. The number of benzene rings is 1. The molecule has 0 spiro atoms. The lowest BCUT2D eigenvalue weighted by molar-refractivity contribution is -0.119. The van der Waals surface area contributed by atoms with Gasteiger partial charge < -0.3 is 10.6 Å². The zero-order valence-corrected chi connectivity index (χ0v) is 9.93. The van der Waals surface area contributed by atoms with Gasteiger partial charge in [0.1, 0.15) is 0 Å². The van der Waals surface area contributed by atoms with Crippen molar-refractivity contribution >= 4 is 11.6 Å². The zero-order chi connectivity index (χ0) is 11.8. The molecule has 0 radical (unpaired) electrons. The molecule has 1 aromatic rings. The lowest BCUT2D eigenvalue weighted by atomic mass is 9.98. The molecule has 1 aromatic carbocycles. The van der Waals surface area contributed by atoms with Crippen LogP contribution in [0.4, 0.5) is 5.69 Å². The van der Waals surface area contributed by atoms with Crippen molar-refractivity contribution in [2.75, 3.05) is 18.0 Å². The molecule has 1 unspecified atom stereocenters. The van der Waals surface area contributed by atoms with E-state index in [1.807, 2.05) is 17.0 Å². The quantitative estimate of drug-likeness (QED) is 0.861. The van der Waals surface area contributed by atoms with E-state index in [0.29, 0.717) is 24.3 Å². The number of carbonyl (C=O) groups is 1. The van der Waals surface area contributed by atoms with Gasteiger partial charge in [-0.05, 0) is 37.4 Å². The first-order valence-electron chi connectivity index (χ1n) is 6.41. The predicted molar refractivity (Wildman–Crippen MR) is 67.9 cm³/mol. The molecule has 2 aliphatic rings. The SMILES string of the molecule is NCCC1CN(C(=O)C2CC2)c2ccccc21. The molecule has 3 rings (SSSR count). The van der Waals surface area contributed by atoms with Crippen LogP contribution in [0.2, 0.25) is 0 Å². The molecule has 3 nitrogen and oxygen atoms in total. The first-order valence-corrected chi connectivity index (χ1v) is 6.41. The molecule has 0 aromatic heterocycles. The van der Waals surface area contributed by atoms with Gasteiger partial charge in [0.15, 0.2) is 0 Å². The van der Waals surface area contributed by atoms with Crippen LogP contribution >= 0.6 is 0 Å². The van der Waals surface area contributed by atoms with Gasteiger partial charge in [0.25, 0.3) is 0 Å². The Morgan fingerprint density at radius 1 is 1.35 bits per heavy atom. The number of hydrogen-bond acceptors (Lipinski definition) is 2. The van der Waals surface area contributed by atoms with Crippen molar-refractivity contribution in [1.82, 2.24) is 0 Å². The molecule has 90 valence electrons. The fourth-order valence-corrected chi connectivity index (χ4v) is 2.70. The lowest BCUT2D eigenvalue weighted by Gasteiger charge is -2.17. The minimum absolute atomic E-state index is 0.291. The van der Waals surface area contributed by atoms with Crippen molar-refractivity contribution in [3.05, 3.63) is 29.8 Å². The maximum atomic E-state index is 12.2. The molecule has 1 aliphatic carbocycles. The number of hydrogen-bond donors (Lipinski definition) is 1. The number of rotatable bonds is 3. The highest BCUT2D eigenvalue weighted by atomic mass is 16.2. The van der Waals surface area contributed by atoms with Crippen LogP contribution in [0, 0.1) is 5.92 Å². The highest BCUT2D eigenvalue weighted by Crippen LogP contribution is 2.41. The Balaban J connectivity index is 1.90. The molecule has 17 heavy (non-hydrogen) atoms. The van der Waals surface area contributed by atoms with Gasteiger partial charge in [-0.2, -0.15) is 0 Å². The fraction of sp³-hybridized carbons (Fsp3) is 0.500. The summed E-state index contributed by atoms with van der Waals surface area (Å²) in [5.41, 5.74) is 8.07. The number of carbonyl (C=O) groups excluding carboxylic acids is 1. The van der Waals surface area contributed by atoms with Crippen LogP contribution in [0.25, 0.3) is 0 Å². The Hall–Kier alpha value is -1.35. The largest absolute Gasteiger partial charge is 0.330 e. The van der Waals surface area contributed by atoms with Crippen molar-refractivity contribution in [2.24, 2.45) is 11.7 Å². The van der Waals surface area contributed by atoms with Gasteiger partial charge in [0.2, 0.25) is 5.91 Å². The van der Waals surface area contributed by atoms with Gasteiger partial charge in [0, 0.05) is 24.1 Å². The van der Waals surface area contributed by atoms with E-state index in [0.717, 1.165) is 31.5 Å². The molecule has 0 saturated heterocycles. The van der Waals surface area contributed by atoms with E-state index >= 15 is 0 Å². The number of amides is 1. The van der Waals surface area contributed by atoms with Crippen molar-refractivity contribution in [3.63, 3.8) is 0 Å². The van der Waals surface area contributed by atoms with E-state index in [2.05, 4.69) is 12.1 Å². The minimum Gasteiger partial charge on any atom is -0.330 e. The summed E-state index contributed by atoms with van der Waals surface area (Å²) in [4.78, 5) is 14.2. The summed E-state index contributed by atoms with van der Waals surface area (Å²) in [6, 6.07) is 8.26. The summed E-state index contributed by atoms with van der Waals surface area (Å²) in [7, 11) is 0. The van der Waals surface area contributed by atoms with Gasteiger partial charge in [-0.25, -0.2) is 0 Å². The Bertz CT molecular complexity index is 440. The number of anilines is 1. The molecule has 1 atom stereocenters. The Kier molecular flexibility index (Phi) is 2.63. The molecule has 0 bridgehead atoms. The maximum Gasteiger partial charge on any atom is 0.230 e. The standard InChI is InChI=1S/C14H18N2O/c15-8-7-11-9-16(14(17)10-5-6-10)13-4-2-1-3-12(11)13/h1-4,10-11H,5-9,15H2. The summed E-state index contributed by atoms with van der Waals surface area (Å²) < 4.78 is 0. The number of para-hydroxylation sites is 1. The van der Waals surface area contributed by atoms with E-state index in [4.69, 9.17) is 5.73 Å². The summed E-state index contributed by atoms with van der Waals surface area (Å²) in [6.07, 6.45) is 3.10. The zero-order valence-electron chi connectivity index (χ0n) is 9.93. The van der Waals surface area contributed by atoms with E-state index in [1.54, 1.807) is 0 Å². The van der Waals surface area contributed by atoms with Crippen molar-refractivity contribution in [1.29, 1.82) is 0 Å². The summed E-state index contributed by atoms with van der Waals surface area (Å²) >= 11 is 0. The van der Waals surface area contributed by atoms with Gasteiger partial charge >= 0.3 is 0 Å². The van der Waals surface area contributed by atoms with Crippen LogP contribution in [0.5, 0.6) is 0 Å². The van der Waals surface area contributed by atoms with E-state index < -0.39 is 0 Å². The summed E-state index contributed by atoms with van der Waals surface area (Å²) in [5.74, 6) is 1.04. The molecular weight excluding hydrogens is 212 g/mol. The van der Waals surface area contributed by atoms with Crippen LogP contribution in [0.3, 0.4) is 0 Å². The van der Waals surface area contributed by atoms with Crippen LogP contribution < -0.4 is 10.6 Å². The second-order valence-corrected chi connectivity index (χ2v) is 5.06. The second-order valence-electron chi connectivity index (χ2n) is 5.06. The molecule has 1 amide bonds. The molecule has 2 N–H and O–H groups in total. The fourth-order valence-electron chi connectivity index (χ4n) is 2.70. The highest BCUT2D eigenvalue weighted by Gasteiger charge is 2.38. The summed E-state index contributed by atoms with van der Waals surface area (Å²) in [5, 5.41) is 0. The van der Waals surface area contributed by atoms with Crippen molar-refractivity contribution in [2.45, 2.75) is 25.2 Å². The first kappa shape index (κ1) is 10.8. The first-order chi connectivity index (χ1) is 8.31. The maximum absolute atomic E-state index is 12.2. The topological polar surface area (TPSA) is 46.3 Å². The molecule has 1 fully saturated rings. The van der Waals surface area contributed by atoms with E-state index in [9.17, 15) is 4.79 Å². The van der Waals surface area contributed by atoms with Crippen LogP contribution in [0.1, 0.15) is 30.7 Å². The molecule has 1 heterocycles. The second kappa shape index (κ2) is 4.15. The number of nitrogens with zero attached hydrogens (tertiary/aromatic N) is 1. The minimum atomic E-state index is 0.291. The molecule has 1 saturated carbocycles. The van der Waals surface area contributed by atoms with Crippen LogP contribution in [-0.2, 0) is 4.79 Å². The van der Waals surface area contributed by atoms with Crippen LogP contribution in [-0.4, -0.2) is 19.0 Å². The number of nitrogens with two attached hydrogens (primary N) is 1. The van der Waals surface area contributed by atoms with Gasteiger partial charge in [-0.1, -0.05) is 18.2 Å². The van der Waals surface area contributed by atoms with Crippen LogP contribution in [0.15, 0.2) is 24.3 Å². The van der Waals surface area contributed by atoms with Crippen molar-refractivity contribution < 1.29 is 4.79 Å². The Morgan fingerprint density at radius 3 is 2.82 bits per heavy atom. The lowest BCUT2D eigenvalue weighted by Crippen LogP contribution is -2.31. The molecule has 3 heteroatoms. The third kappa shape index (κ3) is 1.84. The van der Waals surface area contributed by atoms with E-state index in [1.165, 1.54) is 5.56 Å². The molecular formula is C14H18N2O.